The summed E-state index contributed by atoms with van der Waals surface area (Å²) in [5, 5.41) is 5.55. The van der Waals surface area contributed by atoms with Gasteiger partial charge in [-0.1, -0.05) is 0 Å². The van der Waals surface area contributed by atoms with E-state index < -0.39 is 0 Å². The minimum Gasteiger partial charge on any atom is -0.324 e. The fourth-order valence-electron chi connectivity index (χ4n) is 1.78. The fourth-order valence-corrected chi connectivity index (χ4v) is 3.25. The lowest BCUT2D eigenvalue weighted by Gasteiger charge is -2.24. The van der Waals surface area contributed by atoms with Gasteiger partial charge in [0.2, 0.25) is 0 Å². The number of rotatable bonds is 5. The van der Waals surface area contributed by atoms with Crippen LogP contribution in [0, 0.1) is 5.92 Å². The Balaban J connectivity index is 1.77. The van der Waals surface area contributed by atoms with E-state index in [-0.39, 0.29) is 5.54 Å². The Morgan fingerprint density at radius 2 is 2.40 bits per heavy atom. The molecule has 1 aromatic rings. The van der Waals surface area contributed by atoms with Gasteiger partial charge < -0.3 is 11.1 Å². The predicted molar refractivity (Wildman–Crippen MR) is 69.0 cm³/mol. The third-order valence-electron chi connectivity index (χ3n) is 2.99. The molecule has 1 unspecified atom stereocenters. The first kappa shape index (κ1) is 11.6. The summed E-state index contributed by atoms with van der Waals surface area (Å²) in [6.07, 6.45) is 2.61. The van der Waals surface area contributed by atoms with Crippen molar-refractivity contribution >= 4 is 27.3 Å². The number of thiophene rings is 1. The van der Waals surface area contributed by atoms with E-state index in [2.05, 4.69) is 39.6 Å². The SMILES string of the molecule is CC(N)(CNCc1sccc1Br)C1CC1. The van der Waals surface area contributed by atoms with Gasteiger partial charge in [0.25, 0.3) is 0 Å². The molecule has 1 aromatic heterocycles. The smallest absolute Gasteiger partial charge is 0.0327 e. The lowest BCUT2D eigenvalue weighted by atomic mass is 9.97. The van der Waals surface area contributed by atoms with Crippen LogP contribution in [0.4, 0.5) is 0 Å². The Morgan fingerprint density at radius 3 is 2.93 bits per heavy atom. The Bertz CT molecular complexity index is 331. The predicted octanol–water partition coefficient (Wildman–Crippen LogP) is 2.73. The zero-order chi connectivity index (χ0) is 10.9. The van der Waals surface area contributed by atoms with Crippen LogP contribution < -0.4 is 11.1 Å². The van der Waals surface area contributed by atoms with E-state index in [0.717, 1.165) is 19.0 Å². The van der Waals surface area contributed by atoms with Gasteiger partial charge in [-0.25, -0.2) is 0 Å². The summed E-state index contributed by atoms with van der Waals surface area (Å²) in [5.41, 5.74) is 6.20. The maximum atomic E-state index is 6.23. The maximum absolute atomic E-state index is 6.23. The largest absolute Gasteiger partial charge is 0.324 e. The molecular weight excluding hydrogens is 272 g/mol. The molecule has 0 amide bonds. The van der Waals surface area contributed by atoms with Crippen molar-refractivity contribution in [2.45, 2.75) is 31.8 Å². The summed E-state index contributed by atoms with van der Waals surface area (Å²) in [6.45, 7) is 3.97. The van der Waals surface area contributed by atoms with Crippen LogP contribution in [0.2, 0.25) is 0 Å². The summed E-state index contributed by atoms with van der Waals surface area (Å²) in [4.78, 5) is 1.35. The van der Waals surface area contributed by atoms with E-state index in [0.29, 0.717) is 0 Å². The third-order valence-corrected chi connectivity index (χ3v) is 4.92. The number of hydrogen-bond donors (Lipinski definition) is 2. The first-order chi connectivity index (χ1) is 7.09. The average Bonchev–Trinajstić information content (AvgIpc) is 2.94. The minimum absolute atomic E-state index is 0.0241. The normalized spacial score (nSPS) is 20.2. The molecule has 0 aliphatic heterocycles. The van der Waals surface area contributed by atoms with Crippen molar-refractivity contribution < 1.29 is 0 Å². The van der Waals surface area contributed by atoms with E-state index in [4.69, 9.17) is 5.73 Å². The quantitative estimate of drug-likeness (QED) is 0.874. The van der Waals surface area contributed by atoms with Gasteiger partial charge in [0.05, 0.1) is 0 Å². The Morgan fingerprint density at radius 1 is 1.67 bits per heavy atom. The molecule has 15 heavy (non-hydrogen) atoms. The van der Waals surface area contributed by atoms with E-state index in [1.807, 2.05) is 0 Å². The van der Waals surface area contributed by atoms with Crippen LogP contribution in [0.5, 0.6) is 0 Å². The lowest BCUT2D eigenvalue weighted by Crippen LogP contribution is -2.47. The second kappa shape index (κ2) is 4.53. The summed E-state index contributed by atoms with van der Waals surface area (Å²) in [7, 11) is 0. The molecule has 1 aliphatic rings. The van der Waals surface area contributed by atoms with Crippen molar-refractivity contribution in [1.29, 1.82) is 0 Å². The van der Waals surface area contributed by atoms with Crippen LogP contribution in [-0.4, -0.2) is 12.1 Å². The summed E-state index contributed by atoms with van der Waals surface area (Å²) < 4.78 is 1.20. The zero-order valence-corrected chi connectivity index (χ0v) is 11.3. The number of nitrogens with two attached hydrogens (primary N) is 1. The zero-order valence-electron chi connectivity index (χ0n) is 8.92. The highest BCUT2D eigenvalue weighted by Gasteiger charge is 2.37. The molecule has 2 nitrogen and oxygen atoms in total. The maximum Gasteiger partial charge on any atom is 0.0327 e. The molecular formula is C11H17BrN2S. The molecule has 0 saturated heterocycles. The van der Waals surface area contributed by atoms with Gasteiger partial charge in [0, 0.05) is 28.0 Å². The van der Waals surface area contributed by atoms with Crippen LogP contribution in [-0.2, 0) is 6.54 Å². The Labute approximate surface area is 103 Å². The minimum atomic E-state index is -0.0241. The average molecular weight is 289 g/mol. The molecule has 1 fully saturated rings. The van der Waals surface area contributed by atoms with Crippen LogP contribution >= 0.6 is 27.3 Å². The molecule has 1 aliphatic carbocycles. The lowest BCUT2D eigenvalue weighted by molar-refractivity contribution is 0.380. The Hall–Kier alpha value is 0.100. The first-order valence-corrected chi connectivity index (χ1v) is 6.98. The van der Waals surface area contributed by atoms with Gasteiger partial charge in [0.1, 0.15) is 0 Å². The van der Waals surface area contributed by atoms with Gasteiger partial charge >= 0.3 is 0 Å². The van der Waals surface area contributed by atoms with Gasteiger partial charge in [-0.15, -0.1) is 11.3 Å². The van der Waals surface area contributed by atoms with Gasteiger partial charge in [-0.3, -0.25) is 0 Å². The summed E-state index contributed by atoms with van der Waals surface area (Å²) in [6, 6.07) is 2.09. The molecule has 0 radical (unpaired) electrons. The van der Waals surface area contributed by atoms with E-state index in [9.17, 15) is 0 Å². The molecule has 0 bridgehead atoms. The monoisotopic (exact) mass is 288 g/mol. The second-order valence-electron chi connectivity index (χ2n) is 4.58. The third kappa shape index (κ3) is 3.03. The fraction of sp³-hybridized carbons (Fsp3) is 0.636. The van der Waals surface area contributed by atoms with Crippen LogP contribution in [0.1, 0.15) is 24.6 Å². The van der Waals surface area contributed by atoms with E-state index >= 15 is 0 Å². The first-order valence-electron chi connectivity index (χ1n) is 5.31. The van der Waals surface area contributed by atoms with Crippen molar-refractivity contribution in [3.63, 3.8) is 0 Å². The second-order valence-corrected chi connectivity index (χ2v) is 6.43. The van der Waals surface area contributed by atoms with Crippen molar-refractivity contribution in [1.82, 2.24) is 5.32 Å². The van der Waals surface area contributed by atoms with Crippen molar-refractivity contribution in [3.8, 4) is 0 Å². The van der Waals surface area contributed by atoms with Crippen LogP contribution in [0.3, 0.4) is 0 Å². The Kier molecular flexibility index (Phi) is 3.50. The molecule has 84 valence electrons. The van der Waals surface area contributed by atoms with Crippen molar-refractivity contribution in [3.05, 3.63) is 20.8 Å². The molecule has 1 atom stereocenters. The molecule has 1 heterocycles. The number of halogens is 1. The van der Waals surface area contributed by atoms with Gasteiger partial charge in [-0.2, -0.15) is 0 Å². The van der Waals surface area contributed by atoms with Crippen LogP contribution in [0.25, 0.3) is 0 Å². The van der Waals surface area contributed by atoms with Gasteiger partial charge in [0.15, 0.2) is 0 Å². The molecule has 3 N–H and O–H groups in total. The highest BCUT2D eigenvalue weighted by atomic mass is 79.9. The standard InChI is InChI=1S/C11H17BrN2S/c1-11(13,8-2-3-8)7-14-6-10-9(12)4-5-15-10/h4-5,8,14H,2-3,6-7,13H2,1H3. The molecule has 2 rings (SSSR count). The van der Waals surface area contributed by atoms with Gasteiger partial charge in [-0.05, 0) is 53.1 Å². The number of nitrogens with one attached hydrogen (secondary N) is 1. The van der Waals surface area contributed by atoms with Crippen molar-refractivity contribution in [2.24, 2.45) is 11.7 Å². The van der Waals surface area contributed by atoms with Crippen molar-refractivity contribution in [2.75, 3.05) is 6.54 Å². The molecule has 4 heteroatoms. The molecule has 1 saturated carbocycles. The highest BCUT2D eigenvalue weighted by molar-refractivity contribution is 9.10. The number of hydrogen-bond acceptors (Lipinski definition) is 3. The molecule has 0 aromatic carbocycles. The van der Waals surface area contributed by atoms with E-state index in [1.54, 1.807) is 11.3 Å². The summed E-state index contributed by atoms with van der Waals surface area (Å²) in [5.74, 6) is 0.733. The highest BCUT2D eigenvalue weighted by Crippen LogP contribution is 2.37. The van der Waals surface area contributed by atoms with Crippen LogP contribution in [0.15, 0.2) is 15.9 Å². The topological polar surface area (TPSA) is 38.0 Å². The molecule has 0 spiro atoms. The van der Waals surface area contributed by atoms with E-state index in [1.165, 1.54) is 22.2 Å². The summed E-state index contributed by atoms with van der Waals surface area (Å²) >= 11 is 5.30.